The van der Waals surface area contributed by atoms with E-state index in [2.05, 4.69) is 14.9 Å². The maximum absolute atomic E-state index is 13.3. The van der Waals surface area contributed by atoms with Crippen LogP contribution in [0.5, 0.6) is 0 Å². The van der Waals surface area contributed by atoms with E-state index in [0.29, 0.717) is 18.3 Å². The summed E-state index contributed by atoms with van der Waals surface area (Å²) in [7, 11) is 3.12. The number of aliphatic imine (C=N–C) groups is 1. The number of nitrogens with one attached hydrogen (secondary N) is 1. The first-order chi connectivity index (χ1) is 13.0. The molecule has 0 aromatic heterocycles. The number of likely N-dealkylation sites (N-methyl/N-ethyl adjacent to an activating group) is 2. The van der Waals surface area contributed by atoms with Gasteiger partial charge >= 0.3 is 12.0 Å². The maximum atomic E-state index is 13.3. The van der Waals surface area contributed by atoms with Crippen LogP contribution in [0.25, 0.3) is 0 Å². The lowest BCUT2D eigenvalue weighted by Gasteiger charge is -2.33. The zero-order chi connectivity index (χ0) is 19.1. The van der Waals surface area contributed by atoms with Crippen LogP contribution < -0.4 is 5.32 Å². The van der Waals surface area contributed by atoms with Crippen LogP contribution in [0.2, 0.25) is 0 Å². The highest BCUT2D eigenvalue weighted by Gasteiger charge is 2.55. The molecule has 3 amide bonds. The van der Waals surface area contributed by atoms with E-state index in [1.165, 1.54) is 24.1 Å². The minimum Gasteiger partial charge on any atom is -0.310 e. The Kier molecular flexibility index (Phi) is 4.39. The topological polar surface area (TPSA) is 71.3 Å². The number of amides is 3. The lowest BCUT2D eigenvalue weighted by atomic mass is 10.1. The van der Waals surface area contributed by atoms with Crippen LogP contribution in [0.3, 0.4) is 0 Å². The number of hydrogen-bond donors (Lipinski definition) is 1. The third-order valence-electron chi connectivity index (χ3n) is 5.18. The van der Waals surface area contributed by atoms with E-state index in [1.54, 1.807) is 19.2 Å². The summed E-state index contributed by atoms with van der Waals surface area (Å²) in [6, 6.07) is 5.17. The fraction of sp³-hybridized carbons (Fsp3) is 0.444. The average Bonchev–Trinajstić information content (AvgIpc) is 3.06. The number of amidine groups is 1. The van der Waals surface area contributed by atoms with Gasteiger partial charge in [-0.2, -0.15) is 0 Å². The van der Waals surface area contributed by atoms with Gasteiger partial charge in [-0.25, -0.2) is 14.1 Å². The predicted octanol–water partition coefficient (Wildman–Crippen LogP) is -0.0961. The largest absolute Gasteiger partial charge is 0.392 e. The van der Waals surface area contributed by atoms with Gasteiger partial charge in [0.25, 0.3) is 5.91 Å². The molecule has 1 aromatic carbocycles. The number of piperazine rings is 1. The zero-order valence-corrected chi connectivity index (χ0v) is 15.4. The highest BCUT2D eigenvalue weighted by atomic mass is 19.1. The Morgan fingerprint density at radius 3 is 2.48 bits per heavy atom. The van der Waals surface area contributed by atoms with Crippen molar-refractivity contribution >= 4 is 23.7 Å². The summed E-state index contributed by atoms with van der Waals surface area (Å²) in [5.41, 5.74) is 0.871. The molecule has 8 nitrogen and oxygen atoms in total. The minimum absolute atomic E-state index is 0.302. The average molecular weight is 373 g/mol. The normalized spacial score (nSPS) is 23.1. The van der Waals surface area contributed by atoms with E-state index in [0.717, 1.165) is 36.6 Å². The number of hydrogen-bond acceptors (Lipinski definition) is 3. The third kappa shape index (κ3) is 2.97. The van der Waals surface area contributed by atoms with Crippen LogP contribution in [0.4, 0.5) is 9.18 Å². The zero-order valence-electron chi connectivity index (χ0n) is 15.4. The molecule has 1 aromatic rings. The number of imide groups is 1. The number of fused-ring (bicyclic) bond motifs is 1. The van der Waals surface area contributed by atoms with Crippen molar-refractivity contribution in [2.24, 2.45) is 4.99 Å². The number of halogens is 1. The van der Waals surface area contributed by atoms with E-state index >= 15 is 0 Å². The van der Waals surface area contributed by atoms with E-state index in [9.17, 15) is 14.0 Å². The number of carbonyl (C=O) groups is 2. The lowest BCUT2D eigenvalue weighted by molar-refractivity contribution is -0.537. The van der Waals surface area contributed by atoms with Gasteiger partial charge in [0.1, 0.15) is 5.82 Å². The van der Waals surface area contributed by atoms with Crippen molar-refractivity contribution in [3.63, 3.8) is 0 Å². The Hall–Kier alpha value is -2.81. The van der Waals surface area contributed by atoms with Gasteiger partial charge in [-0.05, 0) is 17.7 Å². The Balaban J connectivity index is 1.76. The van der Waals surface area contributed by atoms with Crippen molar-refractivity contribution in [2.45, 2.75) is 12.6 Å². The van der Waals surface area contributed by atoms with Crippen LogP contribution in [-0.2, 0) is 11.3 Å². The number of benzene rings is 1. The van der Waals surface area contributed by atoms with Gasteiger partial charge in [0, 0.05) is 27.2 Å². The van der Waals surface area contributed by atoms with Crippen LogP contribution in [0, 0.1) is 5.82 Å². The summed E-state index contributed by atoms with van der Waals surface area (Å²) in [5.74, 6) is 0.522. The molecule has 27 heavy (non-hydrogen) atoms. The smallest absolute Gasteiger partial charge is 0.310 e. The van der Waals surface area contributed by atoms with Gasteiger partial charge in [-0.1, -0.05) is 17.1 Å². The summed E-state index contributed by atoms with van der Waals surface area (Å²) in [4.78, 5) is 34.4. The number of rotatable bonds is 2. The van der Waals surface area contributed by atoms with Gasteiger partial charge in [-0.3, -0.25) is 19.2 Å². The van der Waals surface area contributed by atoms with Crippen molar-refractivity contribution in [1.82, 2.24) is 20.0 Å². The highest BCUT2D eigenvalue weighted by molar-refractivity contribution is 6.25. The summed E-state index contributed by atoms with van der Waals surface area (Å²) >= 11 is 0. The van der Waals surface area contributed by atoms with Crippen LogP contribution in [-0.4, -0.2) is 89.3 Å². The quantitative estimate of drug-likeness (QED) is 0.736. The molecule has 0 saturated carbocycles. The second-order valence-electron chi connectivity index (χ2n) is 6.90. The number of nitrogens with zero attached hydrogens (tertiary/aromatic N) is 5. The molecular formula is C18H22FN6O2+. The fourth-order valence-corrected chi connectivity index (χ4v) is 3.65. The minimum atomic E-state index is -0.660. The molecule has 2 fully saturated rings. The SMILES string of the molecule is CN1C(=O)C2C(=NC(=[N+]3CCNCC3)N2Cc2ccc(F)cc2)N(C)C1=O. The Bertz CT molecular complexity index is 842. The number of carbonyl (C=O) groups excluding carboxylic acids is 2. The second-order valence-corrected chi connectivity index (χ2v) is 6.90. The summed E-state index contributed by atoms with van der Waals surface area (Å²) in [6.07, 6.45) is 0. The summed E-state index contributed by atoms with van der Waals surface area (Å²) in [5, 5.41) is 3.30. The van der Waals surface area contributed by atoms with Crippen LogP contribution in [0.1, 0.15) is 5.56 Å². The van der Waals surface area contributed by atoms with Gasteiger partial charge in [0.05, 0.1) is 19.6 Å². The van der Waals surface area contributed by atoms with Crippen LogP contribution in [0.15, 0.2) is 29.3 Å². The molecule has 0 aliphatic carbocycles. The van der Waals surface area contributed by atoms with Gasteiger partial charge in [0.15, 0.2) is 0 Å². The maximum Gasteiger partial charge on any atom is 0.392 e. The molecule has 9 heteroatoms. The van der Waals surface area contributed by atoms with E-state index in [1.807, 2.05) is 4.90 Å². The summed E-state index contributed by atoms with van der Waals surface area (Å²) in [6.45, 7) is 3.58. The number of guanidine groups is 1. The first-order valence-corrected chi connectivity index (χ1v) is 8.95. The predicted molar refractivity (Wildman–Crippen MR) is 97.0 cm³/mol. The lowest BCUT2D eigenvalue weighted by Crippen LogP contribution is -2.62. The summed E-state index contributed by atoms with van der Waals surface area (Å²) < 4.78 is 15.4. The van der Waals surface area contributed by atoms with Crippen LogP contribution >= 0.6 is 0 Å². The Morgan fingerprint density at radius 2 is 1.81 bits per heavy atom. The molecule has 0 spiro atoms. The van der Waals surface area contributed by atoms with Crippen molar-refractivity contribution in [2.75, 3.05) is 40.3 Å². The van der Waals surface area contributed by atoms with Crippen molar-refractivity contribution in [1.29, 1.82) is 0 Å². The van der Waals surface area contributed by atoms with Crippen molar-refractivity contribution < 1.29 is 18.6 Å². The molecule has 0 bridgehead atoms. The third-order valence-corrected chi connectivity index (χ3v) is 5.18. The molecule has 3 heterocycles. The van der Waals surface area contributed by atoms with Gasteiger partial charge < -0.3 is 5.32 Å². The van der Waals surface area contributed by atoms with Crippen molar-refractivity contribution in [3.05, 3.63) is 35.6 Å². The first-order valence-electron chi connectivity index (χ1n) is 8.95. The molecule has 142 valence electrons. The molecule has 1 atom stereocenters. The highest BCUT2D eigenvalue weighted by Crippen LogP contribution is 2.25. The molecule has 1 N–H and O–H groups in total. The first kappa shape index (κ1) is 17.6. The van der Waals surface area contributed by atoms with Crippen molar-refractivity contribution in [3.8, 4) is 0 Å². The van der Waals surface area contributed by atoms with E-state index in [-0.39, 0.29) is 11.7 Å². The van der Waals surface area contributed by atoms with E-state index in [4.69, 9.17) is 0 Å². The Labute approximate surface area is 156 Å². The molecule has 2 saturated heterocycles. The second kappa shape index (κ2) is 6.73. The van der Waals surface area contributed by atoms with Gasteiger partial charge in [0.2, 0.25) is 11.9 Å². The molecule has 0 radical (unpaired) electrons. The number of urea groups is 1. The monoisotopic (exact) mass is 373 g/mol. The van der Waals surface area contributed by atoms with E-state index < -0.39 is 12.1 Å². The molecular weight excluding hydrogens is 351 g/mol. The fourth-order valence-electron chi connectivity index (χ4n) is 3.65. The Morgan fingerprint density at radius 1 is 1.15 bits per heavy atom. The molecule has 4 rings (SSSR count). The molecule has 3 aliphatic heterocycles. The molecule has 3 aliphatic rings. The van der Waals surface area contributed by atoms with Gasteiger partial charge in [-0.15, -0.1) is 0 Å². The standard InChI is InChI=1S/C18H22FN6O2/c1-22-15-14(16(26)23(2)18(22)27)25(11-12-3-5-13(19)6-4-12)17(21-15)24-9-7-20-8-10-24/h3-6,14,20H,7-11H2,1-2H3/q+1. The molecule has 1 unspecified atom stereocenters.